The highest BCUT2D eigenvalue weighted by Gasteiger charge is 2.23. The van der Waals surface area contributed by atoms with Crippen molar-refractivity contribution in [2.24, 2.45) is 0 Å². The van der Waals surface area contributed by atoms with Crippen LogP contribution in [0.3, 0.4) is 0 Å². The minimum Gasteiger partial charge on any atom is -0.462 e. The van der Waals surface area contributed by atoms with Gasteiger partial charge in [-0.25, -0.2) is 0 Å². The van der Waals surface area contributed by atoms with Gasteiger partial charge in [-0.2, -0.15) is 0 Å². The summed E-state index contributed by atoms with van der Waals surface area (Å²) in [7, 11) is 0. The van der Waals surface area contributed by atoms with E-state index in [0.717, 1.165) is 70.6 Å². The molecule has 1 amide bonds. The number of aliphatic hydroxyl groups is 2. The van der Waals surface area contributed by atoms with E-state index in [0.29, 0.717) is 19.3 Å². The van der Waals surface area contributed by atoms with Crippen LogP contribution < -0.4 is 5.32 Å². The third-order valence-corrected chi connectivity index (χ3v) is 9.49. The summed E-state index contributed by atoms with van der Waals surface area (Å²) in [6.07, 6.45) is 66.2. The minimum absolute atomic E-state index is 0.00349. The summed E-state index contributed by atoms with van der Waals surface area (Å²) in [5.41, 5.74) is 0. The van der Waals surface area contributed by atoms with Crippen LogP contribution in [0.1, 0.15) is 156 Å². The smallest absolute Gasteiger partial charge is 0.306 e. The van der Waals surface area contributed by atoms with Crippen molar-refractivity contribution in [1.29, 1.82) is 0 Å². The fourth-order valence-electron chi connectivity index (χ4n) is 6.03. The second kappa shape index (κ2) is 45.8. The maximum absolute atomic E-state index is 13.1. The fraction of sp³-hybridized carbons (Fsp3) is 0.519. The van der Waals surface area contributed by atoms with Gasteiger partial charge in [0.15, 0.2) is 0 Å². The quantitative estimate of drug-likeness (QED) is 0.0327. The maximum atomic E-state index is 13.1. The van der Waals surface area contributed by atoms with Crippen LogP contribution in [0.5, 0.6) is 0 Å². The monoisotopic (exact) mass is 826 g/mol. The Bertz CT molecular complexity index is 1390. The molecule has 0 heterocycles. The molecule has 0 rings (SSSR count). The van der Waals surface area contributed by atoms with E-state index in [1.165, 1.54) is 38.5 Å². The zero-order valence-corrected chi connectivity index (χ0v) is 37.8. The molecule has 3 N–H and O–H groups in total. The van der Waals surface area contributed by atoms with Crippen molar-refractivity contribution in [3.8, 4) is 0 Å². The van der Waals surface area contributed by atoms with Crippen LogP contribution in [-0.2, 0) is 14.3 Å². The average molecular weight is 826 g/mol. The molecule has 3 unspecified atom stereocenters. The number of allylic oxidation sites excluding steroid dienone is 24. The van der Waals surface area contributed by atoms with E-state index in [1.807, 2.05) is 122 Å². The lowest BCUT2D eigenvalue weighted by molar-refractivity contribution is -0.151. The van der Waals surface area contributed by atoms with E-state index in [2.05, 4.69) is 50.4 Å². The highest BCUT2D eigenvalue weighted by molar-refractivity contribution is 5.77. The Labute approximate surface area is 366 Å². The number of amides is 1. The molecule has 0 aliphatic carbocycles. The molecular weight excluding hydrogens is 743 g/mol. The van der Waals surface area contributed by atoms with Gasteiger partial charge in [0.2, 0.25) is 5.91 Å². The van der Waals surface area contributed by atoms with Gasteiger partial charge in [-0.05, 0) is 57.8 Å². The van der Waals surface area contributed by atoms with E-state index in [1.54, 1.807) is 0 Å². The second-order valence-corrected chi connectivity index (χ2v) is 15.0. The van der Waals surface area contributed by atoms with Gasteiger partial charge in [0.25, 0.3) is 0 Å². The van der Waals surface area contributed by atoms with Crippen LogP contribution in [0.2, 0.25) is 0 Å². The number of hydrogen-bond donors (Lipinski definition) is 3. The molecule has 0 aliphatic rings. The van der Waals surface area contributed by atoms with E-state index >= 15 is 0 Å². The lowest BCUT2D eigenvalue weighted by atomic mass is 10.0. The normalized spacial score (nSPS) is 14.7. The van der Waals surface area contributed by atoms with Crippen molar-refractivity contribution in [3.05, 3.63) is 146 Å². The first-order valence-corrected chi connectivity index (χ1v) is 23.2. The van der Waals surface area contributed by atoms with Crippen LogP contribution in [0.15, 0.2) is 146 Å². The van der Waals surface area contributed by atoms with E-state index in [-0.39, 0.29) is 24.9 Å². The predicted molar refractivity (Wildman–Crippen MR) is 259 cm³/mol. The average Bonchev–Trinajstić information content (AvgIpc) is 3.24. The van der Waals surface area contributed by atoms with Crippen molar-refractivity contribution in [3.63, 3.8) is 0 Å². The Morgan fingerprint density at radius 1 is 0.500 bits per heavy atom. The number of ether oxygens (including phenoxy) is 1. The summed E-state index contributed by atoms with van der Waals surface area (Å²) in [6.45, 7) is 6.10. The Kier molecular flexibility index (Phi) is 42.6. The summed E-state index contributed by atoms with van der Waals surface area (Å²) in [5.74, 6) is -0.623. The predicted octanol–water partition coefficient (Wildman–Crippen LogP) is 13.7. The molecule has 334 valence electrons. The first kappa shape index (κ1) is 55.7. The largest absolute Gasteiger partial charge is 0.462 e. The highest BCUT2D eigenvalue weighted by atomic mass is 16.5. The Hall–Kier alpha value is -4.26. The molecule has 0 bridgehead atoms. The minimum atomic E-state index is -0.825. The van der Waals surface area contributed by atoms with Crippen LogP contribution >= 0.6 is 0 Å². The standard InChI is InChI=1S/C54H83NO5/c1-4-7-10-13-16-19-21-23-25-26-28-30-32-35-38-41-44-47-54(59)60-50(45-42-39-36-34-31-29-27-24-22-20-17-14-11-8-5-2)48-53(58)55-51(49-56)52(57)46-43-40-37-33-18-15-12-9-6-3/h7-8,10-11,13-14,16-17,19-32,34,36,50-52,56-57H,4-6,9,12,15,18,33,35,37-49H2,1-3H3,(H,55,58)/b10-7-,11-8-,16-13+,17-14+,21-19+,22-20+,25-23-,27-24-,28-26+,31-29+,32-30+,36-34+. The van der Waals surface area contributed by atoms with E-state index in [9.17, 15) is 19.8 Å². The number of unbranched alkanes of at least 4 members (excludes halogenated alkanes) is 12. The Morgan fingerprint density at radius 3 is 1.38 bits per heavy atom. The molecule has 0 saturated carbocycles. The summed E-state index contributed by atoms with van der Waals surface area (Å²) >= 11 is 0. The topological polar surface area (TPSA) is 95.9 Å². The van der Waals surface area contributed by atoms with Crippen molar-refractivity contribution < 1.29 is 24.5 Å². The van der Waals surface area contributed by atoms with Gasteiger partial charge < -0.3 is 20.3 Å². The third-order valence-electron chi connectivity index (χ3n) is 9.49. The summed E-state index contributed by atoms with van der Waals surface area (Å²) in [5, 5.41) is 23.6. The SMILES string of the molecule is CC\C=C/C=C/C=C/C=C\C=C\C=C\CCCCCC(=O)OC(CCC/C=C/C=C/C=C\C=C\C=C\C=C/CC)CC(=O)NC(CO)C(O)CCCCCCCCCCC. The van der Waals surface area contributed by atoms with Crippen LogP contribution in [0, 0.1) is 0 Å². The maximum Gasteiger partial charge on any atom is 0.306 e. The van der Waals surface area contributed by atoms with Gasteiger partial charge in [-0.3, -0.25) is 9.59 Å². The zero-order chi connectivity index (χ0) is 43.8. The molecule has 0 aromatic heterocycles. The molecule has 0 spiro atoms. The first-order chi connectivity index (χ1) is 29.5. The number of carbonyl (C=O) groups is 2. The van der Waals surface area contributed by atoms with E-state index in [4.69, 9.17) is 4.74 Å². The Morgan fingerprint density at radius 2 is 0.917 bits per heavy atom. The van der Waals surface area contributed by atoms with Crippen molar-refractivity contribution >= 4 is 11.9 Å². The number of hydrogen-bond acceptors (Lipinski definition) is 5. The number of rotatable bonds is 38. The molecule has 6 heteroatoms. The summed E-state index contributed by atoms with van der Waals surface area (Å²) in [4.78, 5) is 26.0. The van der Waals surface area contributed by atoms with Crippen LogP contribution in [0.4, 0.5) is 0 Å². The van der Waals surface area contributed by atoms with Gasteiger partial charge in [-0.15, -0.1) is 0 Å². The molecule has 60 heavy (non-hydrogen) atoms. The lowest BCUT2D eigenvalue weighted by Gasteiger charge is -2.24. The summed E-state index contributed by atoms with van der Waals surface area (Å²) < 4.78 is 5.85. The number of esters is 1. The van der Waals surface area contributed by atoms with Crippen LogP contribution in [0.25, 0.3) is 0 Å². The van der Waals surface area contributed by atoms with Crippen molar-refractivity contribution in [2.45, 2.75) is 174 Å². The molecule has 0 radical (unpaired) electrons. The molecule has 0 aromatic rings. The van der Waals surface area contributed by atoms with Gasteiger partial charge in [0.05, 0.1) is 25.2 Å². The van der Waals surface area contributed by atoms with Gasteiger partial charge in [0, 0.05) is 6.42 Å². The molecule has 0 fully saturated rings. The first-order valence-electron chi connectivity index (χ1n) is 23.2. The Balaban J connectivity index is 4.90. The van der Waals surface area contributed by atoms with Gasteiger partial charge >= 0.3 is 5.97 Å². The highest BCUT2D eigenvalue weighted by Crippen LogP contribution is 2.15. The molecule has 3 atom stereocenters. The molecule has 6 nitrogen and oxygen atoms in total. The number of aliphatic hydroxyl groups excluding tert-OH is 2. The third kappa shape index (κ3) is 40.5. The number of nitrogens with one attached hydrogen (secondary N) is 1. The van der Waals surface area contributed by atoms with Crippen molar-refractivity contribution in [2.75, 3.05) is 6.61 Å². The van der Waals surface area contributed by atoms with Crippen molar-refractivity contribution in [1.82, 2.24) is 5.32 Å². The van der Waals surface area contributed by atoms with Gasteiger partial charge in [0.1, 0.15) is 6.10 Å². The second-order valence-electron chi connectivity index (χ2n) is 15.0. The fourth-order valence-corrected chi connectivity index (χ4v) is 6.03. The summed E-state index contributed by atoms with van der Waals surface area (Å²) in [6, 6.07) is -0.745. The molecule has 0 aromatic carbocycles. The molecule has 0 aliphatic heterocycles. The zero-order valence-electron chi connectivity index (χ0n) is 37.8. The van der Waals surface area contributed by atoms with Gasteiger partial charge in [-0.1, -0.05) is 231 Å². The molecular formula is C54H83NO5. The number of carbonyl (C=O) groups excluding carboxylic acids is 2. The lowest BCUT2D eigenvalue weighted by Crippen LogP contribution is -2.46. The van der Waals surface area contributed by atoms with E-state index < -0.39 is 18.2 Å². The molecule has 0 saturated heterocycles. The van der Waals surface area contributed by atoms with Crippen LogP contribution in [-0.4, -0.2) is 46.9 Å².